The zero-order chi connectivity index (χ0) is 25.3. The highest BCUT2D eigenvalue weighted by atomic mass is 32.2. The molecule has 0 amide bonds. The highest BCUT2D eigenvalue weighted by Crippen LogP contribution is 2.36. The highest BCUT2D eigenvalue weighted by molar-refractivity contribution is 7.95. The summed E-state index contributed by atoms with van der Waals surface area (Å²) in [6.45, 7) is 8.13. The molecule has 4 rings (SSSR count). The molecule has 0 aromatic heterocycles. The molecule has 8 heteroatoms. The second-order valence-corrected chi connectivity index (χ2v) is 11.6. The lowest BCUT2D eigenvalue weighted by Crippen LogP contribution is -2.41. The van der Waals surface area contributed by atoms with Gasteiger partial charge < -0.3 is 23.0 Å². The maximum atomic E-state index is 11.8. The first-order valence-corrected chi connectivity index (χ1v) is 13.4. The summed E-state index contributed by atoms with van der Waals surface area (Å²) in [7, 11) is -3.04. The van der Waals surface area contributed by atoms with Crippen LogP contribution in [0.5, 0.6) is 17.2 Å². The van der Waals surface area contributed by atoms with Crippen molar-refractivity contribution in [2.24, 2.45) is 0 Å². The van der Waals surface area contributed by atoms with Gasteiger partial charge in [-0.05, 0) is 75.4 Å². The molecule has 2 unspecified atom stereocenters. The van der Waals surface area contributed by atoms with Crippen molar-refractivity contribution in [3.8, 4) is 17.2 Å². The largest absolute Gasteiger partial charge is 0.494 e. The summed E-state index contributed by atoms with van der Waals surface area (Å²) < 4.78 is 41.8. The van der Waals surface area contributed by atoms with Gasteiger partial charge in [0.2, 0.25) is 0 Å². The molecular formula is C27H31BO6S. The second-order valence-electron chi connectivity index (χ2n) is 9.62. The molecule has 0 radical (unpaired) electrons. The molecule has 1 saturated heterocycles. The van der Waals surface area contributed by atoms with Crippen molar-refractivity contribution >= 4 is 28.3 Å². The Bertz CT molecular complexity index is 1220. The fourth-order valence-electron chi connectivity index (χ4n) is 3.48. The predicted octanol–water partition coefficient (Wildman–Crippen LogP) is 4.78. The average molecular weight is 494 g/mol. The molecule has 0 N–H and O–H groups in total. The zero-order valence-corrected chi connectivity index (χ0v) is 21.5. The molecule has 1 aliphatic heterocycles. The van der Waals surface area contributed by atoms with Crippen molar-refractivity contribution in [3.05, 3.63) is 84.4 Å². The van der Waals surface area contributed by atoms with E-state index in [-0.39, 0.29) is 0 Å². The number of benzene rings is 3. The summed E-state index contributed by atoms with van der Waals surface area (Å²) in [5, 5.41) is 0. The topological polar surface area (TPSA) is 63.2 Å². The Labute approximate surface area is 208 Å². The SMILES string of the molecule is C=S(C)(=O)Oc1ccc(OC(Oc2ccc(B3OC(C)(C)C(C)(C)O3)cc2)c2ccccc2)cc1. The van der Waals surface area contributed by atoms with Crippen molar-refractivity contribution in [1.82, 2.24) is 0 Å². The molecule has 184 valence electrons. The average Bonchev–Trinajstić information content (AvgIpc) is 3.01. The summed E-state index contributed by atoms with van der Waals surface area (Å²) in [5.74, 6) is 5.18. The van der Waals surface area contributed by atoms with E-state index in [9.17, 15) is 4.21 Å². The quantitative estimate of drug-likeness (QED) is 0.255. The van der Waals surface area contributed by atoms with Crippen LogP contribution in [-0.4, -0.2) is 34.7 Å². The molecule has 3 aromatic carbocycles. The first-order valence-electron chi connectivity index (χ1n) is 11.4. The van der Waals surface area contributed by atoms with Gasteiger partial charge in [-0.15, -0.1) is 0 Å². The van der Waals surface area contributed by atoms with Crippen LogP contribution in [0.25, 0.3) is 0 Å². The molecule has 0 saturated carbocycles. The van der Waals surface area contributed by atoms with Gasteiger partial charge in [-0.1, -0.05) is 42.5 Å². The molecule has 1 aliphatic rings. The van der Waals surface area contributed by atoms with Crippen LogP contribution >= 0.6 is 0 Å². The number of rotatable bonds is 8. The van der Waals surface area contributed by atoms with Gasteiger partial charge in [-0.25, -0.2) is 4.21 Å². The maximum absolute atomic E-state index is 11.8. The van der Waals surface area contributed by atoms with Gasteiger partial charge in [0.1, 0.15) is 27.1 Å². The first kappa shape index (κ1) is 25.2. The van der Waals surface area contributed by atoms with Gasteiger partial charge in [0.15, 0.2) is 0 Å². The third-order valence-corrected chi connectivity index (χ3v) is 6.60. The zero-order valence-electron chi connectivity index (χ0n) is 20.7. The molecule has 6 nitrogen and oxygen atoms in total. The highest BCUT2D eigenvalue weighted by Gasteiger charge is 2.51. The van der Waals surface area contributed by atoms with Gasteiger partial charge in [0.25, 0.3) is 6.29 Å². The van der Waals surface area contributed by atoms with E-state index in [0.717, 1.165) is 11.0 Å². The third-order valence-electron chi connectivity index (χ3n) is 6.06. The van der Waals surface area contributed by atoms with E-state index >= 15 is 0 Å². The lowest BCUT2D eigenvalue weighted by molar-refractivity contribution is 0.00380. The molecule has 35 heavy (non-hydrogen) atoms. The van der Waals surface area contributed by atoms with Crippen LogP contribution in [0.3, 0.4) is 0 Å². The minimum atomic E-state index is -2.60. The standard InChI is InChI=1S/C27H31BO6S/c1-26(2)27(3,4)34-28(33-26)21-12-14-22(15-13-21)30-25(20-10-8-7-9-11-20)31-23-16-18-24(19-17-23)32-35(5,6)29/h7-19,25H,5H2,1-4,6H3. The molecule has 1 fully saturated rings. The number of hydrogen-bond donors (Lipinski definition) is 0. The van der Waals surface area contributed by atoms with E-state index in [4.69, 9.17) is 23.0 Å². The fourth-order valence-corrected chi connectivity index (χ4v) is 4.00. The van der Waals surface area contributed by atoms with Crippen LogP contribution in [0.1, 0.15) is 39.5 Å². The van der Waals surface area contributed by atoms with Gasteiger partial charge in [0.05, 0.1) is 11.2 Å². The molecule has 3 aromatic rings. The van der Waals surface area contributed by atoms with Gasteiger partial charge >= 0.3 is 7.12 Å². The fraction of sp³-hybridized carbons (Fsp3) is 0.296. The molecule has 1 heterocycles. The first-order chi connectivity index (χ1) is 16.4. The Morgan fingerprint density at radius 3 is 1.71 bits per heavy atom. The van der Waals surface area contributed by atoms with Crippen molar-refractivity contribution in [1.29, 1.82) is 0 Å². The Balaban J connectivity index is 1.50. The molecule has 0 spiro atoms. The van der Waals surface area contributed by atoms with E-state index < -0.39 is 34.4 Å². The van der Waals surface area contributed by atoms with E-state index in [1.54, 1.807) is 24.3 Å². The molecule has 2 atom stereocenters. The van der Waals surface area contributed by atoms with Crippen LogP contribution < -0.4 is 19.1 Å². The van der Waals surface area contributed by atoms with E-state index in [1.807, 2.05) is 82.3 Å². The van der Waals surface area contributed by atoms with Gasteiger partial charge in [-0.3, -0.25) is 0 Å². The van der Waals surface area contributed by atoms with Crippen molar-refractivity contribution in [2.45, 2.75) is 45.2 Å². The van der Waals surface area contributed by atoms with Gasteiger partial charge in [-0.2, -0.15) is 0 Å². The van der Waals surface area contributed by atoms with E-state index in [0.29, 0.717) is 17.2 Å². The minimum absolute atomic E-state index is 0.402. The van der Waals surface area contributed by atoms with Crippen LogP contribution in [0, 0.1) is 0 Å². The normalized spacial score (nSPS) is 18.9. The van der Waals surface area contributed by atoms with Crippen molar-refractivity contribution in [2.75, 3.05) is 6.26 Å². The maximum Gasteiger partial charge on any atom is 0.494 e. The van der Waals surface area contributed by atoms with Crippen LogP contribution in [0.15, 0.2) is 78.9 Å². The summed E-state index contributed by atoms with van der Waals surface area (Å²) >= 11 is 0. The van der Waals surface area contributed by atoms with Crippen LogP contribution in [0.4, 0.5) is 0 Å². The Morgan fingerprint density at radius 2 is 1.23 bits per heavy atom. The van der Waals surface area contributed by atoms with E-state index in [1.165, 1.54) is 6.26 Å². The van der Waals surface area contributed by atoms with E-state index in [2.05, 4.69) is 5.87 Å². The lowest BCUT2D eigenvalue weighted by Gasteiger charge is -2.32. The summed E-state index contributed by atoms with van der Waals surface area (Å²) in [6, 6.07) is 24.2. The Morgan fingerprint density at radius 1 is 0.771 bits per heavy atom. The summed E-state index contributed by atoms with van der Waals surface area (Å²) in [5.41, 5.74) is 0.973. The molecule has 0 bridgehead atoms. The van der Waals surface area contributed by atoms with Gasteiger partial charge in [0, 0.05) is 11.8 Å². The Hall–Kier alpha value is -2.94. The summed E-state index contributed by atoms with van der Waals surface area (Å²) in [6.07, 6.45) is 0.753. The third kappa shape index (κ3) is 6.20. The van der Waals surface area contributed by atoms with Crippen molar-refractivity contribution in [3.63, 3.8) is 0 Å². The molecular weight excluding hydrogens is 463 g/mol. The smallest absolute Gasteiger partial charge is 0.451 e. The predicted molar refractivity (Wildman–Crippen MR) is 141 cm³/mol. The van der Waals surface area contributed by atoms with Crippen LogP contribution in [-0.2, 0) is 19.1 Å². The van der Waals surface area contributed by atoms with Crippen molar-refractivity contribution < 1.29 is 27.2 Å². The number of hydrogen-bond acceptors (Lipinski definition) is 6. The molecule has 0 aliphatic carbocycles. The second kappa shape index (κ2) is 9.61. The van der Waals surface area contributed by atoms with Crippen LogP contribution in [0.2, 0.25) is 0 Å². The number of ether oxygens (including phenoxy) is 2. The monoisotopic (exact) mass is 494 g/mol. The summed E-state index contributed by atoms with van der Waals surface area (Å²) in [4.78, 5) is 0. The lowest BCUT2D eigenvalue weighted by atomic mass is 9.79. The Kier molecular flexibility index (Phi) is 6.91. The minimum Gasteiger partial charge on any atom is -0.451 e.